The number of aliphatic hydroxyl groups excluding tert-OH is 4. The Morgan fingerprint density at radius 1 is 0.545 bits per heavy atom. The molecule has 55 heavy (non-hydrogen) atoms. The average Bonchev–Trinajstić information content (AvgIpc) is 3.18. The first-order valence-electron chi connectivity index (χ1n) is 22.4. The summed E-state index contributed by atoms with van der Waals surface area (Å²) in [7, 11) is 0. The lowest BCUT2D eigenvalue weighted by Gasteiger charge is -2.39. The Hall–Kier alpha value is -1.82. The van der Waals surface area contributed by atoms with Crippen LogP contribution in [0, 0.1) is 0 Å². The van der Waals surface area contributed by atoms with Crippen LogP contribution in [0.25, 0.3) is 0 Å². The zero-order chi connectivity index (χ0) is 40.2. The van der Waals surface area contributed by atoms with Crippen LogP contribution < -0.4 is 0 Å². The molecule has 10 nitrogen and oxygen atoms in total. The molecule has 1 aliphatic heterocycles. The van der Waals surface area contributed by atoms with E-state index in [0.29, 0.717) is 6.42 Å². The van der Waals surface area contributed by atoms with Crippen LogP contribution in [0.5, 0.6) is 0 Å². The molecule has 1 heterocycles. The molecule has 0 amide bonds. The van der Waals surface area contributed by atoms with Gasteiger partial charge in [0.25, 0.3) is 0 Å². The van der Waals surface area contributed by atoms with Gasteiger partial charge >= 0.3 is 11.9 Å². The molecule has 1 saturated heterocycles. The van der Waals surface area contributed by atoms with Gasteiger partial charge in [-0.05, 0) is 64.2 Å². The molecule has 1 rings (SSSR count). The van der Waals surface area contributed by atoms with Crippen LogP contribution in [0.2, 0.25) is 0 Å². The van der Waals surface area contributed by atoms with Crippen molar-refractivity contribution in [3.8, 4) is 0 Å². The predicted octanol–water partition coefficient (Wildman–Crippen LogP) is 9.33. The van der Waals surface area contributed by atoms with Crippen molar-refractivity contribution >= 4 is 11.9 Å². The summed E-state index contributed by atoms with van der Waals surface area (Å²) in [5, 5.41) is 40.0. The number of carbonyl (C=O) groups is 2. The first-order chi connectivity index (χ1) is 26.8. The molecule has 6 atom stereocenters. The Bertz CT molecular complexity index is 954. The number of ether oxygens (including phenoxy) is 4. The van der Waals surface area contributed by atoms with E-state index >= 15 is 0 Å². The van der Waals surface area contributed by atoms with Crippen LogP contribution in [0.1, 0.15) is 194 Å². The topological polar surface area (TPSA) is 152 Å². The lowest BCUT2D eigenvalue weighted by molar-refractivity contribution is -0.305. The van der Waals surface area contributed by atoms with E-state index in [2.05, 4.69) is 38.2 Å². The van der Waals surface area contributed by atoms with Crippen LogP contribution in [-0.2, 0) is 28.5 Å². The Kier molecular flexibility index (Phi) is 34.0. The van der Waals surface area contributed by atoms with Crippen LogP contribution in [0.3, 0.4) is 0 Å². The van der Waals surface area contributed by atoms with Crippen molar-refractivity contribution in [2.24, 2.45) is 0 Å². The van der Waals surface area contributed by atoms with Crippen molar-refractivity contribution in [2.75, 3.05) is 19.8 Å². The maximum absolute atomic E-state index is 12.8. The number of carbonyl (C=O) groups excluding carboxylic acids is 2. The molecule has 10 heteroatoms. The molecule has 1 fully saturated rings. The third kappa shape index (κ3) is 28.3. The lowest BCUT2D eigenvalue weighted by atomic mass is 9.99. The van der Waals surface area contributed by atoms with Crippen molar-refractivity contribution in [3.05, 3.63) is 24.3 Å². The summed E-state index contributed by atoms with van der Waals surface area (Å²) >= 11 is 0. The van der Waals surface area contributed by atoms with Crippen LogP contribution in [0.15, 0.2) is 24.3 Å². The van der Waals surface area contributed by atoms with Gasteiger partial charge < -0.3 is 39.4 Å². The molecule has 0 aromatic carbocycles. The monoisotopic (exact) mass is 783 g/mol. The van der Waals surface area contributed by atoms with E-state index in [1.807, 2.05) is 0 Å². The Balaban J connectivity index is 2.34. The minimum absolute atomic E-state index is 0.221. The van der Waals surface area contributed by atoms with Gasteiger partial charge in [-0.1, -0.05) is 141 Å². The number of hydrogen-bond acceptors (Lipinski definition) is 10. The Morgan fingerprint density at radius 2 is 0.964 bits per heavy atom. The molecule has 0 spiro atoms. The van der Waals surface area contributed by atoms with Crippen molar-refractivity contribution in [1.82, 2.24) is 0 Å². The van der Waals surface area contributed by atoms with E-state index in [0.717, 1.165) is 64.2 Å². The van der Waals surface area contributed by atoms with Gasteiger partial charge in [-0.2, -0.15) is 0 Å². The normalized spacial score (nSPS) is 20.7. The van der Waals surface area contributed by atoms with Gasteiger partial charge in [0.05, 0.1) is 13.2 Å². The second-order valence-electron chi connectivity index (χ2n) is 15.5. The number of unbranched alkanes of at least 4 members (excludes halogenated alkanes) is 22. The van der Waals surface area contributed by atoms with Crippen molar-refractivity contribution in [2.45, 2.75) is 230 Å². The molecule has 4 N–H and O–H groups in total. The number of allylic oxidation sites excluding steroid dienone is 4. The highest BCUT2D eigenvalue weighted by atomic mass is 16.7. The maximum atomic E-state index is 12.8. The van der Waals surface area contributed by atoms with Crippen LogP contribution in [-0.4, -0.2) is 89.0 Å². The predicted molar refractivity (Wildman–Crippen MR) is 219 cm³/mol. The molecule has 0 aromatic rings. The van der Waals surface area contributed by atoms with E-state index < -0.39 is 49.4 Å². The standard InChI is InChI=1S/C45H82O10/c1-3-5-7-9-11-13-15-17-19-21-23-25-27-29-31-33-40(47)52-36-38(37-53-45-44(51)43(50)42(49)39(35-46)55-45)54-41(48)34-32-30-28-26-24-22-20-18-16-14-12-10-8-6-4-2/h13,15,18,20,38-39,42-46,49-51H,3-12,14,16-17,19,21-37H2,1-2H3/b15-13+,20-18+/t38-,39-,42+,43?,44?,45-/m0/s1. The average molecular weight is 783 g/mol. The van der Waals surface area contributed by atoms with Gasteiger partial charge in [-0.25, -0.2) is 0 Å². The number of esters is 2. The summed E-state index contributed by atoms with van der Waals surface area (Å²) in [4.78, 5) is 25.3. The zero-order valence-electron chi connectivity index (χ0n) is 34.9. The minimum Gasteiger partial charge on any atom is -0.462 e. The fraction of sp³-hybridized carbons (Fsp3) is 0.867. The van der Waals surface area contributed by atoms with Crippen molar-refractivity contribution < 1.29 is 49.0 Å². The summed E-state index contributed by atoms with van der Waals surface area (Å²) < 4.78 is 22.1. The fourth-order valence-corrected chi connectivity index (χ4v) is 6.71. The fourth-order valence-electron chi connectivity index (χ4n) is 6.71. The van der Waals surface area contributed by atoms with Gasteiger partial charge in [0, 0.05) is 12.8 Å². The summed E-state index contributed by atoms with van der Waals surface area (Å²) in [5.41, 5.74) is 0. The van der Waals surface area contributed by atoms with E-state index in [4.69, 9.17) is 18.9 Å². The molecule has 322 valence electrons. The summed E-state index contributed by atoms with van der Waals surface area (Å²) in [6, 6.07) is 0. The quantitative estimate of drug-likeness (QED) is 0.0273. The second-order valence-corrected chi connectivity index (χ2v) is 15.5. The minimum atomic E-state index is -1.59. The highest BCUT2D eigenvalue weighted by Gasteiger charge is 2.44. The SMILES string of the molecule is CCCCCC/C=C/CCCCCCCCCC(=O)OC[C@@H](CO[C@H]1O[C@@H](CO)[C@@H](O)C(O)C1O)OC(=O)CCCCCCC/C=C/CCCCCCCC. The Morgan fingerprint density at radius 3 is 1.44 bits per heavy atom. The molecule has 0 aromatic heterocycles. The molecule has 0 radical (unpaired) electrons. The second kappa shape index (κ2) is 36.5. The van der Waals surface area contributed by atoms with Crippen LogP contribution in [0.4, 0.5) is 0 Å². The van der Waals surface area contributed by atoms with E-state index in [1.165, 1.54) is 96.3 Å². The first kappa shape index (κ1) is 51.2. The third-order valence-electron chi connectivity index (χ3n) is 10.3. The summed E-state index contributed by atoms with van der Waals surface area (Å²) in [5.74, 6) is -0.817. The first-order valence-corrected chi connectivity index (χ1v) is 22.4. The highest BCUT2D eigenvalue weighted by molar-refractivity contribution is 5.70. The number of hydrogen-bond donors (Lipinski definition) is 4. The third-order valence-corrected chi connectivity index (χ3v) is 10.3. The smallest absolute Gasteiger partial charge is 0.306 e. The molecule has 0 saturated carbocycles. The lowest BCUT2D eigenvalue weighted by Crippen LogP contribution is -2.59. The summed E-state index contributed by atoms with van der Waals surface area (Å²) in [6.07, 6.45) is 31.8. The van der Waals surface area contributed by atoms with Gasteiger partial charge in [0.15, 0.2) is 12.4 Å². The largest absolute Gasteiger partial charge is 0.462 e. The maximum Gasteiger partial charge on any atom is 0.306 e. The molecular weight excluding hydrogens is 700 g/mol. The van der Waals surface area contributed by atoms with E-state index in [1.54, 1.807) is 0 Å². The van der Waals surface area contributed by atoms with Gasteiger partial charge in [-0.3, -0.25) is 9.59 Å². The van der Waals surface area contributed by atoms with Gasteiger partial charge in [0.2, 0.25) is 0 Å². The zero-order valence-corrected chi connectivity index (χ0v) is 34.9. The van der Waals surface area contributed by atoms with Crippen LogP contribution >= 0.6 is 0 Å². The molecule has 0 bridgehead atoms. The van der Waals surface area contributed by atoms with E-state index in [9.17, 15) is 30.0 Å². The Labute approximate surface area is 334 Å². The number of rotatable bonds is 37. The molecular formula is C45H82O10. The van der Waals surface area contributed by atoms with E-state index in [-0.39, 0.29) is 32.0 Å². The molecule has 0 aliphatic carbocycles. The van der Waals surface area contributed by atoms with Crippen molar-refractivity contribution in [1.29, 1.82) is 0 Å². The van der Waals surface area contributed by atoms with Gasteiger partial charge in [-0.15, -0.1) is 0 Å². The van der Waals surface area contributed by atoms with Crippen molar-refractivity contribution in [3.63, 3.8) is 0 Å². The summed E-state index contributed by atoms with van der Waals surface area (Å²) in [6.45, 7) is 3.40. The van der Waals surface area contributed by atoms with Gasteiger partial charge in [0.1, 0.15) is 31.0 Å². The number of aliphatic hydroxyl groups is 4. The molecule has 2 unspecified atom stereocenters. The highest BCUT2D eigenvalue weighted by Crippen LogP contribution is 2.22. The molecule has 1 aliphatic rings.